The van der Waals surface area contributed by atoms with Crippen LogP contribution in [-0.2, 0) is 11.2 Å². The third-order valence-electron chi connectivity index (χ3n) is 3.27. The van der Waals surface area contributed by atoms with Gasteiger partial charge in [0, 0.05) is 11.4 Å². The van der Waals surface area contributed by atoms with Crippen molar-refractivity contribution < 1.29 is 14.0 Å². The van der Waals surface area contributed by atoms with Crippen LogP contribution in [0.2, 0.25) is 0 Å². The van der Waals surface area contributed by atoms with Gasteiger partial charge in [-0.05, 0) is 29.5 Å². The minimum atomic E-state index is -0.678. The lowest BCUT2D eigenvalue weighted by molar-refractivity contribution is -0.121. The van der Waals surface area contributed by atoms with Crippen LogP contribution >= 0.6 is 11.3 Å². The highest BCUT2D eigenvalue weighted by molar-refractivity contribution is 7.10. The highest BCUT2D eigenvalue weighted by Crippen LogP contribution is 2.21. The maximum Gasteiger partial charge on any atom is 0.312 e. The smallest absolute Gasteiger partial charge is 0.312 e. The molecule has 1 heterocycles. The highest BCUT2D eigenvalue weighted by atomic mass is 32.1. The zero-order chi connectivity index (χ0) is 16.7. The standard InChI is InChI=1S/C16H18FN3O2S/c17-12-5-2-1-4-11(12)7-8-19-15(21)10-13(20-16(18)22)14-6-3-9-23-14/h1-6,9,13H,7-8,10H2,(H,19,21)(H3,18,20,22). The van der Waals surface area contributed by atoms with Gasteiger partial charge >= 0.3 is 6.03 Å². The van der Waals surface area contributed by atoms with E-state index >= 15 is 0 Å². The molecule has 23 heavy (non-hydrogen) atoms. The van der Waals surface area contributed by atoms with Crippen LogP contribution in [0.15, 0.2) is 41.8 Å². The molecule has 0 bridgehead atoms. The van der Waals surface area contributed by atoms with Crippen molar-refractivity contribution in [2.45, 2.75) is 18.9 Å². The maximum atomic E-state index is 13.5. The van der Waals surface area contributed by atoms with E-state index in [4.69, 9.17) is 5.73 Å². The lowest BCUT2D eigenvalue weighted by Crippen LogP contribution is -2.36. The van der Waals surface area contributed by atoms with Gasteiger partial charge in [0.25, 0.3) is 0 Å². The maximum absolute atomic E-state index is 13.5. The van der Waals surface area contributed by atoms with Crippen LogP contribution in [0.1, 0.15) is 22.9 Å². The topological polar surface area (TPSA) is 84.2 Å². The third kappa shape index (κ3) is 5.37. The summed E-state index contributed by atoms with van der Waals surface area (Å²) in [6.07, 6.45) is 0.492. The van der Waals surface area contributed by atoms with Gasteiger partial charge in [0.1, 0.15) is 5.82 Å². The zero-order valence-corrected chi connectivity index (χ0v) is 13.2. The Hall–Kier alpha value is -2.41. The molecule has 2 aromatic rings. The number of halogens is 1. The van der Waals surface area contributed by atoms with Gasteiger partial charge in [-0.3, -0.25) is 4.79 Å². The Morgan fingerprint density at radius 3 is 2.65 bits per heavy atom. The Kier molecular flexibility index (Phi) is 6.10. The van der Waals surface area contributed by atoms with Crippen molar-refractivity contribution in [3.05, 3.63) is 58.0 Å². The molecule has 1 unspecified atom stereocenters. The Balaban J connectivity index is 1.85. The highest BCUT2D eigenvalue weighted by Gasteiger charge is 2.18. The molecule has 0 spiro atoms. The summed E-state index contributed by atoms with van der Waals surface area (Å²) in [5.74, 6) is -0.512. The monoisotopic (exact) mass is 335 g/mol. The first-order valence-electron chi connectivity index (χ1n) is 7.15. The van der Waals surface area contributed by atoms with E-state index in [0.29, 0.717) is 18.5 Å². The number of nitrogens with two attached hydrogens (primary N) is 1. The minimum Gasteiger partial charge on any atom is -0.356 e. The molecule has 5 nitrogen and oxygen atoms in total. The number of benzene rings is 1. The van der Waals surface area contributed by atoms with Crippen molar-refractivity contribution in [1.82, 2.24) is 10.6 Å². The summed E-state index contributed by atoms with van der Waals surface area (Å²) < 4.78 is 13.5. The first-order chi connectivity index (χ1) is 11.1. The Morgan fingerprint density at radius 2 is 2.00 bits per heavy atom. The molecule has 4 N–H and O–H groups in total. The molecular formula is C16H18FN3O2S. The first-order valence-corrected chi connectivity index (χ1v) is 8.03. The fourth-order valence-electron chi connectivity index (χ4n) is 2.18. The molecule has 2 rings (SSSR count). The van der Waals surface area contributed by atoms with E-state index in [1.165, 1.54) is 17.4 Å². The van der Waals surface area contributed by atoms with Gasteiger partial charge in [-0.15, -0.1) is 11.3 Å². The normalized spacial score (nSPS) is 11.7. The molecule has 1 aromatic carbocycles. The number of hydrogen-bond donors (Lipinski definition) is 3. The summed E-state index contributed by atoms with van der Waals surface area (Å²) >= 11 is 1.44. The van der Waals surface area contributed by atoms with Gasteiger partial charge in [-0.25, -0.2) is 9.18 Å². The van der Waals surface area contributed by atoms with E-state index in [2.05, 4.69) is 10.6 Å². The second kappa shape index (κ2) is 8.28. The van der Waals surface area contributed by atoms with Crippen molar-refractivity contribution in [2.75, 3.05) is 6.54 Å². The first kappa shape index (κ1) is 17.0. The van der Waals surface area contributed by atoms with Gasteiger partial charge in [-0.2, -0.15) is 0 Å². The number of amides is 3. The van der Waals surface area contributed by atoms with E-state index in [0.717, 1.165) is 4.88 Å². The summed E-state index contributed by atoms with van der Waals surface area (Å²) in [6.45, 7) is 0.327. The Bertz CT molecular complexity index is 661. The Labute approximate surface area is 137 Å². The number of carbonyl (C=O) groups is 2. The van der Waals surface area contributed by atoms with Crippen LogP contribution in [0, 0.1) is 5.82 Å². The third-order valence-corrected chi connectivity index (χ3v) is 4.25. The van der Waals surface area contributed by atoms with Crippen molar-refractivity contribution in [3.8, 4) is 0 Å². The van der Waals surface area contributed by atoms with Crippen molar-refractivity contribution in [2.24, 2.45) is 5.73 Å². The molecule has 122 valence electrons. The molecule has 0 radical (unpaired) electrons. The number of thiophene rings is 1. The van der Waals surface area contributed by atoms with Gasteiger partial charge in [-0.1, -0.05) is 24.3 Å². The number of primary amides is 1. The molecule has 3 amide bonds. The number of nitrogens with one attached hydrogen (secondary N) is 2. The van der Waals surface area contributed by atoms with Crippen molar-refractivity contribution in [3.63, 3.8) is 0 Å². The quantitative estimate of drug-likeness (QED) is 0.725. The molecular weight excluding hydrogens is 317 g/mol. The largest absolute Gasteiger partial charge is 0.356 e. The van der Waals surface area contributed by atoms with E-state index < -0.39 is 12.1 Å². The van der Waals surface area contributed by atoms with Crippen molar-refractivity contribution in [1.29, 1.82) is 0 Å². The van der Waals surface area contributed by atoms with Crippen LogP contribution in [0.25, 0.3) is 0 Å². The molecule has 1 aromatic heterocycles. The molecule has 0 saturated heterocycles. The predicted octanol–water partition coefficient (Wildman–Crippen LogP) is 2.35. The number of urea groups is 1. The van der Waals surface area contributed by atoms with E-state index in [9.17, 15) is 14.0 Å². The second-order valence-corrected chi connectivity index (χ2v) is 5.95. The number of hydrogen-bond acceptors (Lipinski definition) is 3. The van der Waals surface area contributed by atoms with Gasteiger partial charge < -0.3 is 16.4 Å². The fraction of sp³-hybridized carbons (Fsp3) is 0.250. The summed E-state index contributed by atoms with van der Waals surface area (Å²) in [5, 5.41) is 7.15. The molecule has 0 fully saturated rings. The van der Waals surface area contributed by atoms with Crippen LogP contribution in [0.4, 0.5) is 9.18 Å². The van der Waals surface area contributed by atoms with E-state index in [1.807, 2.05) is 17.5 Å². The Morgan fingerprint density at radius 1 is 1.22 bits per heavy atom. The van der Waals surface area contributed by atoms with E-state index in [1.54, 1.807) is 18.2 Å². The molecule has 1 atom stereocenters. The summed E-state index contributed by atoms with van der Waals surface area (Å²) in [4.78, 5) is 23.9. The van der Waals surface area contributed by atoms with Crippen LogP contribution in [0.3, 0.4) is 0 Å². The lowest BCUT2D eigenvalue weighted by Gasteiger charge is -2.16. The molecule has 0 saturated carbocycles. The van der Waals surface area contributed by atoms with Crippen LogP contribution < -0.4 is 16.4 Å². The van der Waals surface area contributed by atoms with Crippen LogP contribution in [0.5, 0.6) is 0 Å². The summed E-state index contributed by atoms with van der Waals surface area (Å²) in [6, 6.07) is 8.99. The zero-order valence-electron chi connectivity index (χ0n) is 12.4. The van der Waals surface area contributed by atoms with Crippen molar-refractivity contribution >= 4 is 23.3 Å². The SMILES string of the molecule is NC(=O)NC(CC(=O)NCCc1ccccc1F)c1cccs1. The molecule has 7 heteroatoms. The molecule has 0 aliphatic carbocycles. The number of carbonyl (C=O) groups excluding carboxylic acids is 2. The van der Waals surface area contributed by atoms with Gasteiger partial charge in [0.05, 0.1) is 12.5 Å². The molecule has 0 aliphatic heterocycles. The lowest BCUT2D eigenvalue weighted by atomic mass is 10.1. The van der Waals surface area contributed by atoms with Crippen LogP contribution in [-0.4, -0.2) is 18.5 Å². The number of rotatable bonds is 7. The molecule has 0 aliphatic rings. The van der Waals surface area contributed by atoms with Gasteiger partial charge in [0.2, 0.25) is 5.91 Å². The second-order valence-electron chi connectivity index (χ2n) is 4.97. The van der Waals surface area contributed by atoms with Gasteiger partial charge in [0.15, 0.2) is 0 Å². The average Bonchev–Trinajstić information content (AvgIpc) is 3.02. The predicted molar refractivity (Wildman–Crippen MR) is 87.5 cm³/mol. The summed E-state index contributed by atoms with van der Waals surface area (Å²) in [7, 11) is 0. The fourth-order valence-corrected chi connectivity index (χ4v) is 2.96. The minimum absolute atomic E-state index is 0.0841. The van der Waals surface area contributed by atoms with E-state index in [-0.39, 0.29) is 18.1 Å². The average molecular weight is 335 g/mol. The summed E-state index contributed by atoms with van der Waals surface area (Å²) in [5.41, 5.74) is 5.70.